The van der Waals surface area contributed by atoms with Crippen molar-refractivity contribution in [2.45, 2.75) is 18.5 Å². The van der Waals surface area contributed by atoms with E-state index < -0.39 is 16.1 Å². The molecule has 1 aliphatic heterocycles. The van der Waals surface area contributed by atoms with Gasteiger partial charge in [-0.25, -0.2) is 8.42 Å². The normalized spacial score (nSPS) is 23.5. The van der Waals surface area contributed by atoms with Crippen molar-refractivity contribution in [1.29, 1.82) is 0 Å². The van der Waals surface area contributed by atoms with Crippen LogP contribution in [0.4, 0.5) is 0 Å². The highest BCUT2D eigenvalue weighted by Gasteiger charge is 2.40. The molecule has 0 unspecified atom stereocenters. The molecule has 7 heteroatoms. The highest BCUT2D eigenvalue weighted by atomic mass is 32.2. The van der Waals surface area contributed by atoms with Crippen LogP contribution < -0.4 is 11.1 Å². The Morgan fingerprint density at radius 1 is 1.38 bits per heavy atom. The van der Waals surface area contributed by atoms with Crippen molar-refractivity contribution in [2.24, 2.45) is 5.73 Å². The standard InChI is InChI=1S/C14H19N3O3S/c1-16-14(18)13-9-12(15)10-17(13)21(19,20)8-7-11-5-3-2-4-6-11/h2-8,12-13H,9-10,15H2,1H3,(H,16,18)/b8-7+/t12-,13-/m0/s1. The van der Waals surface area contributed by atoms with Gasteiger partial charge in [0.2, 0.25) is 15.9 Å². The Morgan fingerprint density at radius 2 is 2.05 bits per heavy atom. The molecule has 1 aliphatic rings. The molecule has 0 bridgehead atoms. The molecule has 21 heavy (non-hydrogen) atoms. The van der Waals surface area contributed by atoms with Crippen LogP contribution in [-0.2, 0) is 14.8 Å². The van der Waals surface area contributed by atoms with E-state index in [2.05, 4.69) is 5.32 Å². The molecule has 3 N–H and O–H groups in total. The molecule has 1 amide bonds. The molecular formula is C14H19N3O3S. The molecule has 0 aromatic heterocycles. The van der Waals surface area contributed by atoms with E-state index in [0.29, 0.717) is 6.42 Å². The second-order valence-electron chi connectivity index (χ2n) is 4.95. The summed E-state index contributed by atoms with van der Waals surface area (Å²) in [5.41, 5.74) is 6.58. The van der Waals surface area contributed by atoms with E-state index in [0.717, 1.165) is 15.3 Å². The van der Waals surface area contributed by atoms with E-state index in [-0.39, 0.29) is 18.5 Å². The van der Waals surface area contributed by atoms with Gasteiger partial charge in [-0.15, -0.1) is 0 Å². The number of amides is 1. The number of carbonyl (C=O) groups is 1. The van der Waals surface area contributed by atoms with Gasteiger partial charge in [0, 0.05) is 25.0 Å². The Labute approximate surface area is 124 Å². The fourth-order valence-corrected chi connectivity index (χ4v) is 3.75. The summed E-state index contributed by atoms with van der Waals surface area (Å²) in [6, 6.07) is 8.04. The van der Waals surface area contributed by atoms with E-state index in [1.165, 1.54) is 13.1 Å². The first-order valence-electron chi connectivity index (χ1n) is 6.66. The molecule has 1 fully saturated rings. The number of rotatable bonds is 4. The number of nitrogens with one attached hydrogen (secondary N) is 1. The van der Waals surface area contributed by atoms with Crippen molar-refractivity contribution in [3.8, 4) is 0 Å². The number of carbonyl (C=O) groups excluding carboxylic acids is 1. The zero-order valence-corrected chi connectivity index (χ0v) is 12.6. The summed E-state index contributed by atoms with van der Waals surface area (Å²) in [5, 5.41) is 3.60. The van der Waals surface area contributed by atoms with E-state index in [4.69, 9.17) is 5.73 Å². The van der Waals surface area contributed by atoms with Gasteiger partial charge in [0.25, 0.3) is 0 Å². The van der Waals surface area contributed by atoms with Gasteiger partial charge >= 0.3 is 0 Å². The van der Waals surface area contributed by atoms with Crippen LogP contribution in [-0.4, -0.2) is 44.3 Å². The maximum atomic E-state index is 12.4. The summed E-state index contributed by atoms with van der Waals surface area (Å²) in [5.74, 6) is -0.334. The van der Waals surface area contributed by atoms with Crippen LogP contribution in [0.25, 0.3) is 6.08 Å². The zero-order valence-electron chi connectivity index (χ0n) is 11.8. The van der Waals surface area contributed by atoms with Crippen molar-refractivity contribution >= 4 is 22.0 Å². The predicted octanol–water partition coefficient (Wildman–Crippen LogP) is 0.135. The zero-order chi connectivity index (χ0) is 15.5. The third-order valence-electron chi connectivity index (χ3n) is 3.40. The van der Waals surface area contributed by atoms with Crippen LogP contribution in [0, 0.1) is 0 Å². The Bertz CT molecular complexity index is 628. The number of hydrogen-bond donors (Lipinski definition) is 2. The molecule has 2 atom stereocenters. The van der Waals surface area contributed by atoms with Gasteiger partial charge in [0.1, 0.15) is 6.04 Å². The average molecular weight is 309 g/mol. The van der Waals surface area contributed by atoms with E-state index in [1.807, 2.05) is 18.2 Å². The maximum Gasteiger partial charge on any atom is 0.238 e. The monoisotopic (exact) mass is 309 g/mol. The van der Waals surface area contributed by atoms with Crippen molar-refractivity contribution in [3.05, 3.63) is 41.3 Å². The topological polar surface area (TPSA) is 92.5 Å². The van der Waals surface area contributed by atoms with Gasteiger partial charge in [-0.2, -0.15) is 4.31 Å². The lowest BCUT2D eigenvalue weighted by Gasteiger charge is -2.20. The van der Waals surface area contributed by atoms with Crippen molar-refractivity contribution in [1.82, 2.24) is 9.62 Å². The molecule has 0 aliphatic carbocycles. The fraction of sp³-hybridized carbons (Fsp3) is 0.357. The van der Waals surface area contributed by atoms with Crippen molar-refractivity contribution in [3.63, 3.8) is 0 Å². The molecule has 1 saturated heterocycles. The number of nitrogens with zero attached hydrogens (tertiary/aromatic N) is 1. The fourth-order valence-electron chi connectivity index (χ4n) is 2.33. The highest BCUT2D eigenvalue weighted by Crippen LogP contribution is 2.22. The van der Waals surface area contributed by atoms with Crippen LogP contribution in [0.5, 0.6) is 0 Å². The number of hydrogen-bond acceptors (Lipinski definition) is 4. The van der Waals surface area contributed by atoms with Crippen LogP contribution in [0.2, 0.25) is 0 Å². The predicted molar refractivity (Wildman–Crippen MR) is 81.5 cm³/mol. The molecule has 1 heterocycles. The number of benzene rings is 1. The van der Waals surface area contributed by atoms with Gasteiger partial charge in [-0.3, -0.25) is 4.79 Å². The van der Waals surface area contributed by atoms with E-state index in [1.54, 1.807) is 12.1 Å². The number of likely N-dealkylation sites (N-methyl/N-ethyl adjacent to an activating group) is 1. The lowest BCUT2D eigenvalue weighted by molar-refractivity contribution is -0.123. The first kappa shape index (κ1) is 15.7. The molecule has 6 nitrogen and oxygen atoms in total. The minimum absolute atomic E-state index is 0.152. The van der Waals surface area contributed by atoms with Gasteiger partial charge in [-0.05, 0) is 18.1 Å². The Kier molecular flexibility index (Phi) is 4.76. The van der Waals surface area contributed by atoms with Gasteiger partial charge < -0.3 is 11.1 Å². The average Bonchev–Trinajstić information content (AvgIpc) is 2.88. The largest absolute Gasteiger partial charge is 0.358 e. The highest BCUT2D eigenvalue weighted by molar-refractivity contribution is 7.92. The van der Waals surface area contributed by atoms with Crippen LogP contribution in [0.3, 0.4) is 0 Å². The molecular weight excluding hydrogens is 290 g/mol. The second kappa shape index (κ2) is 6.38. The van der Waals surface area contributed by atoms with Crippen LogP contribution in [0.1, 0.15) is 12.0 Å². The first-order valence-corrected chi connectivity index (χ1v) is 8.16. The molecule has 0 radical (unpaired) electrons. The van der Waals surface area contributed by atoms with E-state index >= 15 is 0 Å². The minimum Gasteiger partial charge on any atom is -0.358 e. The Morgan fingerprint density at radius 3 is 2.67 bits per heavy atom. The lowest BCUT2D eigenvalue weighted by Crippen LogP contribution is -2.44. The summed E-state index contributed by atoms with van der Waals surface area (Å²) < 4.78 is 25.9. The Balaban J connectivity index is 2.22. The third kappa shape index (κ3) is 3.69. The molecule has 0 spiro atoms. The summed E-state index contributed by atoms with van der Waals surface area (Å²) in [6.45, 7) is 0.152. The third-order valence-corrected chi connectivity index (χ3v) is 4.93. The molecule has 2 rings (SSSR count). The number of sulfonamides is 1. The molecule has 1 aromatic carbocycles. The summed E-state index contributed by atoms with van der Waals surface area (Å²) in [7, 11) is -2.20. The smallest absolute Gasteiger partial charge is 0.238 e. The SMILES string of the molecule is CNC(=O)[C@@H]1C[C@H](N)CN1S(=O)(=O)/C=C/c1ccccc1. The van der Waals surface area contributed by atoms with Gasteiger partial charge in [-0.1, -0.05) is 30.3 Å². The lowest BCUT2D eigenvalue weighted by atomic mass is 10.2. The van der Waals surface area contributed by atoms with Gasteiger partial charge in [0.15, 0.2) is 0 Å². The maximum absolute atomic E-state index is 12.4. The molecule has 114 valence electrons. The number of nitrogens with two attached hydrogens (primary N) is 1. The molecule has 0 saturated carbocycles. The summed E-state index contributed by atoms with van der Waals surface area (Å²) in [6.07, 6.45) is 1.85. The Hall–Kier alpha value is -1.70. The van der Waals surface area contributed by atoms with Crippen molar-refractivity contribution in [2.75, 3.05) is 13.6 Å². The quantitative estimate of drug-likeness (QED) is 0.827. The summed E-state index contributed by atoms with van der Waals surface area (Å²) >= 11 is 0. The summed E-state index contributed by atoms with van der Waals surface area (Å²) in [4.78, 5) is 11.8. The van der Waals surface area contributed by atoms with E-state index in [9.17, 15) is 13.2 Å². The first-order chi connectivity index (χ1) is 9.94. The van der Waals surface area contributed by atoms with Crippen LogP contribution >= 0.6 is 0 Å². The van der Waals surface area contributed by atoms with Crippen LogP contribution in [0.15, 0.2) is 35.7 Å². The van der Waals surface area contributed by atoms with Crippen molar-refractivity contribution < 1.29 is 13.2 Å². The second-order valence-corrected chi connectivity index (χ2v) is 6.73. The minimum atomic E-state index is -3.68. The molecule has 1 aromatic rings. The van der Waals surface area contributed by atoms with Gasteiger partial charge in [0.05, 0.1) is 0 Å².